The Morgan fingerprint density at radius 1 is 0.947 bits per heavy atom. The van der Waals surface area contributed by atoms with E-state index in [-0.39, 0.29) is 15.6 Å². The average Bonchev–Trinajstić information content (AvgIpc) is 2.42. The summed E-state index contributed by atoms with van der Waals surface area (Å²) < 4.78 is 25.2. The zero-order valence-corrected chi connectivity index (χ0v) is 12.0. The maximum Gasteiger partial charge on any atom is 0.277 e. The van der Waals surface area contributed by atoms with E-state index >= 15 is 0 Å². The van der Waals surface area contributed by atoms with Crippen LogP contribution in [0.15, 0.2) is 53.4 Å². The first-order chi connectivity index (χ1) is 8.93. The average molecular weight is 317 g/mol. The summed E-state index contributed by atoms with van der Waals surface area (Å²) in [5.74, 6) is 5.67. The number of benzene rings is 2. The zero-order valence-electron chi connectivity index (χ0n) is 9.62. The van der Waals surface area contributed by atoms with Crippen molar-refractivity contribution >= 4 is 38.9 Å². The molecule has 0 saturated heterocycles. The van der Waals surface area contributed by atoms with Crippen LogP contribution in [0.25, 0.3) is 0 Å². The fourth-order valence-electron chi connectivity index (χ4n) is 1.47. The third-order valence-electron chi connectivity index (χ3n) is 2.46. The van der Waals surface area contributed by atoms with Crippen molar-refractivity contribution in [3.05, 3.63) is 58.6 Å². The summed E-state index contributed by atoms with van der Waals surface area (Å²) in [5, 5.41) is 0.564. The normalized spacial score (nSPS) is 11.3. The van der Waals surface area contributed by atoms with Crippen LogP contribution in [0.2, 0.25) is 10.0 Å². The molecule has 2 aromatic rings. The molecule has 0 atom stereocenters. The minimum Gasteiger partial charge on any atom is -0.233 e. The molecule has 0 bridgehead atoms. The monoisotopic (exact) mass is 316 g/mol. The van der Waals surface area contributed by atoms with Crippen molar-refractivity contribution in [2.45, 2.75) is 4.90 Å². The van der Waals surface area contributed by atoms with Crippen LogP contribution in [0.4, 0.5) is 5.69 Å². The van der Waals surface area contributed by atoms with E-state index in [0.29, 0.717) is 9.44 Å². The molecule has 7 heteroatoms. The molecule has 2 N–H and O–H groups in total. The minimum absolute atomic E-state index is 0.101. The molecule has 0 saturated carbocycles. The summed E-state index contributed by atoms with van der Waals surface area (Å²) in [6, 6.07) is 12.3. The molecule has 0 aliphatic heterocycles. The van der Waals surface area contributed by atoms with Crippen molar-refractivity contribution in [2.24, 2.45) is 5.84 Å². The van der Waals surface area contributed by atoms with Gasteiger partial charge in [-0.15, -0.1) is 0 Å². The number of hydrogen-bond donors (Lipinski definition) is 1. The van der Waals surface area contributed by atoms with Crippen LogP contribution in [0.3, 0.4) is 0 Å². The molecule has 2 aromatic carbocycles. The Balaban J connectivity index is 2.44. The van der Waals surface area contributed by atoms with Crippen molar-refractivity contribution in [1.29, 1.82) is 0 Å². The molecule has 0 fully saturated rings. The second-order valence-corrected chi connectivity index (χ2v) is 6.34. The van der Waals surface area contributed by atoms with Crippen LogP contribution in [-0.2, 0) is 10.0 Å². The first-order valence-electron chi connectivity index (χ1n) is 5.23. The number of anilines is 1. The number of nitrogens with two attached hydrogens (primary N) is 1. The van der Waals surface area contributed by atoms with Crippen molar-refractivity contribution < 1.29 is 8.42 Å². The van der Waals surface area contributed by atoms with Crippen LogP contribution in [0.5, 0.6) is 0 Å². The lowest BCUT2D eigenvalue weighted by molar-refractivity contribution is 0.592. The van der Waals surface area contributed by atoms with E-state index in [9.17, 15) is 8.42 Å². The molecule has 4 nitrogen and oxygen atoms in total. The van der Waals surface area contributed by atoms with Crippen molar-refractivity contribution in [3.8, 4) is 0 Å². The Morgan fingerprint density at radius 3 is 2.16 bits per heavy atom. The van der Waals surface area contributed by atoms with E-state index in [1.54, 1.807) is 18.2 Å². The highest BCUT2D eigenvalue weighted by molar-refractivity contribution is 7.92. The van der Waals surface area contributed by atoms with E-state index in [4.69, 9.17) is 29.0 Å². The van der Waals surface area contributed by atoms with E-state index in [2.05, 4.69) is 0 Å². The summed E-state index contributed by atoms with van der Waals surface area (Å²) in [5.41, 5.74) is 0.234. The molecule has 0 radical (unpaired) electrons. The summed E-state index contributed by atoms with van der Waals surface area (Å²) in [6.07, 6.45) is 0. The second-order valence-electron chi connectivity index (χ2n) is 3.71. The van der Waals surface area contributed by atoms with Gasteiger partial charge in [-0.3, -0.25) is 0 Å². The quantitative estimate of drug-likeness (QED) is 0.699. The largest absolute Gasteiger partial charge is 0.277 e. The Hall–Kier alpha value is -1.27. The maximum atomic E-state index is 12.3. The molecular weight excluding hydrogens is 307 g/mol. The van der Waals surface area contributed by atoms with Gasteiger partial charge in [0, 0.05) is 0 Å². The number of hydrogen-bond acceptors (Lipinski definition) is 3. The van der Waals surface area contributed by atoms with Gasteiger partial charge < -0.3 is 0 Å². The van der Waals surface area contributed by atoms with Crippen LogP contribution in [0.1, 0.15) is 0 Å². The topological polar surface area (TPSA) is 63.4 Å². The summed E-state index contributed by atoms with van der Waals surface area (Å²) in [6.45, 7) is 0. The molecule has 0 amide bonds. The number of nitrogens with zero attached hydrogens (tertiary/aromatic N) is 1. The van der Waals surface area contributed by atoms with Gasteiger partial charge in [0.2, 0.25) is 0 Å². The minimum atomic E-state index is -3.81. The van der Waals surface area contributed by atoms with Crippen molar-refractivity contribution in [1.82, 2.24) is 0 Å². The second kappa shape index (κ2) is 5.38. The smallest absolute Gasteiger partial charge is 0.233 e. The molecule has 100 valence electrons. The third kappa shape index (κ3) is 2.84. The van der Waals surface area contributed by atoms with E-state index in [0.717, 1.165) is 0 Å². The van der Waals surface area contributed by atoms with Gasteiger partial charge >= 0.3 is 0 Å². The third-order valence-corrected chi connectivity index (χ3v) is 4.79. The molecular formula is C12H10Cl2N2O2S. The van der Waals surface area contributed by atoms with Gasteiger partial charge in [-0.2, -0.15) is 8.42 Å². The van der Waals surface area contributed by atoms with Gasteiger partial charge in [-0.05, 0) is 30.3 Å². The zero-order chi connectivity index (χ0) is 14.0. The Bertz CT molecular complexity index is 690. The predicted octanol–water partition coefficient (Wildman–Crippen LogP) is 3.06. The van der Waals surface area contributed by atoms with Gasteiger partial charge in [0.15, 0.2) is 0 Å². The standard InChI is InChI=1S/C12H10Cl2N2O2S/c13-11-7-6-9(8-12(11)14)16(15)19(17,18)10-4-2-1-3-5-10/h1-8H,15H2. The van der Waals surface area contributed by atoms with E-state index in [1.807, 2.05) is 0 Å². The van der Waals surface area contributed by atoms with Crippen LogP contribution >= 0.6 is 23.2 Å². The molecule has 0 heterocycles. The van der Waals surface area contributed by atoms with Gasteiger partial charge in [-0.25, -0.2) is 10.3 Å². The van der Waals surface area contributed by atoms with E-state index in [1.165, 1.54) is 30.3 Å². The SMILES string of the molecule is NN(c1ccc(Cl)c(Cl)c1)S(=O)(=O)c1ccccc1. The van der Waals surface area contributed by atoms with E-state index < -0.39 is 10.0 Å². The van der Waals surface area contributed by atoms with Gasteiger partial charge in [0.1, 0.15) is 0 Å². The molecule has 0 aromatic heterocycles. The first kappa shape index (κ1) is 14.1. The molecule has 0 aliphatic rings. The van der Waals surface area contributed by atoms with Gasteiger partial charge in [0.05, 0.1) is 20.6 Å². The fourth-order valence-corrected chi connectivity index (χ4v) is 2.88. The number of hydrazine groups is 1. The summed E-state index contributed by atoms with van der Waals surface area (Å²) in [4.78, 5) is 0.101. The van der Waals surface area contributed by atoms with Crippen molar-refractivity contribution in [3.63, 3.8) is 0 Å². The van der Waals surface area contributed by atoms with Crippen LogP contribution in [0, 0.1) is 0 Å². The predicted molar refractivity (Wildman–Crippen MR) is 76.8 cm³/mol. The lowest BCUT2D eigenvalue weighted by atomic mass is 10.3. The highest BCUT2D eigenvalue weighted by Crippen LogP contribution is 2.28. The Labute approximate surface area is 121 Å². The van der Waals surface area contributed by atoms with Gasteiger partial charge in [-0.1, -0.05) is 41.4 Å². The molecule has 2 rings (SSSR count). The molecule has 19 heavy (non-hydrogen) atoms. The first-order valence-corrected chi connectivity index (χ1v) is 7.42. The van der Waals surface area contributed by atoms with Gasteiger partial charge in [0.25, 0.3) is 10.0 Å². The highest BCUT2D eigenvalue weighted by atomic mass is 35.5. The number of rotatable bonds is 3. The molecule has 0 unspecified atom stereocenters. The Kier molecular flexibility index (Phi) is 4.01. The highest BCUT2D eigenvalue weighted by Gasteiger charge is 2.22. The molecule has 0 spiro atoms. The number of halogens is 2. The summed E-state index contributed by atoms with van der Waals surface area (Å²) >= 11 is 11.6. The van der Waals surface area contributed by atoms with Crippen molar-refractivity contribution in [2.75, 3.05) is 4.41 Å². The maximum absolute atomic E-state index is 12.3. The Morgan fingerprint density at radius 2 is 1.58 bits per heavy atom. The van der Waals surface area contributed by atoms with Crippen LogP contribution < -0.4 is 10.3 Å². The summed E-state index contributed by atoms with van der Waals surface area (Å²) in [7, 11) is -3.81. The lowest BCUT2D eigenvalue weighted by Gasteiger charge is -2.19. The van der Waals surface area contributed by atoms with Crippen LogP contribution in [-0.4, -0.2) is 8.42 Å². The lowest BCUT2D eigenvalue weighted by Crippen LogP contribution is -2.37. The fraction of sp³-hybridized carbons (Fsp3) is 0. The number of sulfonamides is 1. The molecule has 0 aliphatic carbocycles.